The normalized spacial score (nSPS) is 24.5. The zero-order chi connectivity index (χ0) is 12.3. The number of hydrogen-bond acceptors (Lipinski definition) is 2. The fourth-order valence-corrected chi connectivity index (χ4v) is 2.49. The number of carboxylic acid groups (broad SMARTS) is 1. The van der Waals surface area contributed by atoms with E-state index >= 15 is 0 Å². The molecule has 1 saturated heterocycles. The average molecular weight is 233 g/mol. The quantitative estimate of drug-likeness (QED) is 0.790. The number of hydrogen-bond donors (Lipinski definition) is 1. The molecule has 1 N–H and O–H groups in total. The Morgan fingerprint density at radius 1 is 1.35 bits per heavy atom. The summed E-state index contributed by atoms with van der Waals surface area (Å²) in [6, 6.07) is 7.18. The maximum atomic E-state index is 11.0. The first kappa shape index (κ1) is 12.1. The molecule has 0 unspecified atom stereocenters. The van der Waals surface area contributed by atoms with Gasteiger partial charge in [0, 0.05) is 11.1 Å². The summed E-state index contributed by atoms with van der Waals surface area (Å²) in [6.07, 6.45) is 2.48. The molecule has 0 radical (unpaired) electrons. The third-order valence-corrected chi connectivity index (χ3v) is 3.66. The van der Waals surface area contributed by atoms with Crippen LogP contribution in [0.3, 0.4) is 0 Å². The molecule has 17 heavy (non-hydrogen) atoms. The van der Waals surface area contributed by atoms with Gasteiger partial charge in [-0.2, -0.15) is 0 Å². The number of piperidine rings is 1. The van der Waals surface area contributed by atoms with Crippen molar-refractivity contribution in [3.63, 3.8) is 0 Å². The number of benzene rings is 1. The van der Waals surface area contributed by atoms with Crippen LogP contribution in [0, 0.1) is 5.92 Å². The number of likely N-dealkylation sites (tertiary alicyclic amines) is 1. The van der Waals surface area contributed by atoms with E-state index in [-0.39, 0.29) is 0 Å². The Kier molecular flexibility index (Phi) is 3.79. The van der Waals surface area contributed by atoms with Crippen molar-refractivity contribution in [2.24, 2.45) is 5.92 Å². The van der Waals surface area contributed by atoms with E-state index in [2.05, 4.69) is 6.92 Å². The lowest BCUT2D eigenvalue weighted by Gasteiger charge is -2.28. The maximum absolute atomic E-state index is 11.0. The highest BCUT2D eigenvalue weighted by molar-refractivity contribution is 5.87. The average Bonchev–Trinajstić information content (AvgIpc) is 2.32. The van der Waals surface area contributed by atoms with E-state index in [9.17, 15) is 9.90 Å². The van der Waals surface area contributed by atoms with Gasteiger partial charge in [0.15, 0.2) is 0 Å². The molecule has 3 heteroatoms. The summed E-state index contributed by atoms with van der Waals surface area (Å²) in [4.78, 5) is 12.5. The Hall–Kier alpha value is -1.35. The largest absolute Gasteiger partial charge is 0.545 e. The minimum Gasteiger partial charge on any atom is -0.545 e. The molecule has 1 fully saturated rings. The minimum absolute atomic E-state index is 0.346. The van der Waals surface area contributed by atoms with Crippen molar-refractivity contribution in [3.05, 3.63) is 35.4 Å². The van der Waals surface area contributed by atoms with Crippen LogP contribution in [-0.2, 0) is 6.54 Å². The summed E-state index contributed by atoms with van der Waals surface area (Å²) in [7, 11) is 0. The molecular formula is C14H19NO2. The van der Waals surface area contributed by atoms with Crippen LogP contribution in [-0.4, -0.2) is 19.1 Å². The number of aromatic carboxylic acids is 1. The summed E-state index contributed by atoms with van der Waals surface area (Å²) in [5.41, 5.74) is 1.25. The molecule has 1 heterocycles. The van der Waals surface area contributed by atoms with E-state index in [1.165, 1.54) is 17.7 Å². The highest BCUT2D eigenvalue weighted by atomic mass is 16.4. The molecule has 0 aliphatic carbocycles. The van der Waals surface area contributed by atoms with E-state index in [0.717, 1.165) is 31.1 Å². The van der Waals surface area contributed by atoms with E-state index < -0.39 is 5.97 Å². The second-order valence-corrected chi connectivity index (χ2v) is 5.05. The van der Waals surface area contributed by atoms with Gasteiger partial charge in [-0.05, 0) is 18.8 Å². The van der Waals surface area contributed by atoms with Crippen LogP contribution < -0.4 is 10.0 Å². The van der Waals surface area contributed by atoms with Gasteiger partial charge in [0.25, 0.3) is 0 Å². The third-order valence-electron chi connectivity index (χ3n) is 3.66. The molecule has 1 aromatic carbocycles. The van der Waals surface area contributed by atoms with Crippen LogP contribution in [0.4, 0.5) is 0 Å². The number of carboxylic acids is 1. The second kappa shape index (κ2) is 5.32. The number of quaternary nitrogens is 1. The van der Waals surface area contributed by atoms with Gasteiger partial charge in [0.1, 0.15) is 6.54 Å². The van der Waals surface area contributed by atoms with Crippen molar-refractivity contribution in [1.29, 1.82) is 0 Å². The molecule has 1 aliphatic heterocycles. The van der Waals surface area contributed by atoms with Crippen molar-refractivity contribution in [2.45, 2.75) is 26.3 Å². The Labute approximate surface area is 102 Å². The zero-order valence-corrected chi connectivity index (χ0v) is 10.2. The molecule has 0 saturated carbocycles. The lowest BCUT2D eigenvalue weighted by molar-refractivity contribution is -0.919. The molecule has 0 aromatic heterocycles. The Morgan fingerprint density at radius 3 is 2.65 bits per heavy atom. The topological polar surface area (TPSA) is 44.6 Å². The van der Waals surface area contributed by atoms with Crippen LogP contribution in [0.2, 0.25) is 0 Å². The Bertz CT molecular complexity index is 395. The van der Waals surface area contributed by atoms with Crippen molar-refractivity contribution < 1.29 is 14.8 Å². The Balaban J connectivity index is 2.05. The van der Waals surface area contributed by atoms with Crippen LogP contribution in [0.15, 0.2) is 24.3 Å². The number of carbonyl (C=O) groups excluding carboxylic acids is 1. The van der Waals surface area contributed by atoms with Crippen LogP contribution >= 0.6 is 0 Å². The van der Waals surface area contributed by atoms with Crippen LogP contribution in [0.5, 0.6) is 0 Å². The zero-order valence-electron chi connectivity index (χ0n) is 10.2. The second-order valence-electron chi connectivity index (χ2n) is 5.05. The number of carbonyl (C=O) groups is 1. The first-order chi connectivity index (χ1) is 8.16. The smallest absolute Gasteiger partial charge is 0.103 e. The standard InChI is InChI=1S/C14H19NO2/c1-11-6-8-15(9-7-11)10-12-4-2-3-5-13(12)14(16)17/h2-5,11H,6-10H2,1H3,(H,16,17). The maximum Gasteiger partial charge on any atom is 0.103 e. The van der Waals surface area contributed by atoms with Gasteiger partial charge < -0.3 is 14.8 Å². The van der Waals surface area contributed by atoms with Crippen LogP contribution in [0.25, 0.3) is 0 Å². The molecule has 1 aliphatic rings. The van der Waals surface area contributed by atoms with Gasteiger partial charge in [0.05, 0.1) is 19.1 Å². The first-order valence-corrected chi connectivity index (χ1v) is 6.29. The molecule has 3 nitrogen and oxygen atoms in total. The van der Waals surface area contributed by atoms with Gasteiger partial charge in [0.2, 0.25) is 0 Å². The fraction of sp³-hybridized carbons (Fsp3) is 0.500. The molecule has 0 bridgehead atoms. The van der Waals surface area contributed by atoms with Crippen LogP contribution in [0.1, 0.15) is 35.7 Å². The summed E-state index contributed by atoms with van der Waals surface area (Å²) in [5.74, 6) is -0.250. The molecule has 0 atom stereocenters. The van der Waals surface area contributed by atoms with Crippen molar-refractivity contribution in [3.8, 4) is 0 Å². The molecular weight excluding hydrogens is 214 g/mol. The minimum atomic E-state index is -1.06. The van der Waals surface area contributed by atoms with E-state index in [1.807, 2.05) is 12.1 Å². The lowest BCUT2D eigenvalue weighted by Crippen LogP contribution is -3.11. The van der Waals surface area contributed by atoms with E-state index in [0.29, 0.717) is 5.56 Å². The third kappa shape index (κ3) is 3.07. The van der Waals surface area contributed by atoms with E-state index in [1.54, 1.807) is 12.1 Å². The molecule has 0 spiro atoms. The first-order valence-electron chi connectivity index (χ1n) is 6.29. The van der Waals surface area contributed by atoms with E-state index in [4.69, 9.17) is 0 Å². The fourth-order valence-electron chi connectivity index (χ4n) is 2.49. The Morgan fingerprint density at radius 2 is 2.00 bits per heavy atom. The van der Waals surface area contributed by atoms with Gasteiger partial charge in [-0.15, -0.1) is 0 Å². The monoisotopic (exact) mass is 233 g/mol. The summed E-state index contributed by atoms with van der Waals surface area (Å²) < 4.78 is 0. The lowest BCUT2D eigenvalue weighted by atomic mass is 9.98. The molecule has 1 aromatic rings. The van der Waals surface area contributed by atoms with Crippen molar-refractivity contribution in [2.75, 3.05) is 13.1 Å². The SMILES string of the molecule is CC1CC[NH+](Cc2ccccc2C(=O)[O-])CC1. The summed E-state index contributed by atoms with van der Waals surface area (Å²) >= 11 is 0. The predicted molar refractivity (Wildman–Crippen MR) is 63.6 cm³/mol. The van der Waals surface area contributed by atoms with Gasteiger partial charge in [-0.25, -0.2) is 0 Å². The van der Waals surface area contributed by atoms with Gasteiger partial charge >= 0.3 is 0 Å². The molecule has 92 valence electrons. The molecule has 0 amide bonds. The molecule has 2 rings (SSSR count). The highest BCUT2D eigenvalue weighted by Crippen LogP contribution is 2.09. The van der Waals surface area contributed by atoms with Crippen molar-refractivity contribution >= 4 is 5.97 Å². The number of rotatable bonds is 3. The highest BCUT2D eigenvalue weighted by Gasteiger charge is 2.19. The summed E-state index contributed by atoms with van der Waals surface area (Å²) in [6.45, 7) is 5.37. The van der Waals surface area contributed by atoms with Crippen molar-refractivity contribution in [1.82, 2.24) is 0 Å². The predicted octanol–water partition coefficient (Wildman–Crippen LogP) is -0.135. The number of nitrogens with one attached hydrogen (secondary N) is 1. The summed E-state index contributed by atoms with van der Waals surface area (Å²) in [5, 5.41) is 11.0. The van der Waals surface area contributed by atoms with Gasteiger partial charge in [-0.1, -0.05) is 31.2 Å². The van der Waals surface area contributed by atoms with Gasteiger partial charge in [-0.3, -0.25) is 0 Å².